The van der Waals surface area contributed by atoms with Crippen LogP contribution in [0.4, 0.5) is 0 Å². The summed E-state index contributed by atoms with van der Waals surface area (Å²) in [5, 5.41) is 0. The molecule has 0 radical (unpaired) electrons. The van der Waals surface area contributed by atoms with Crippen LogP contribution >= 0.6 is 0 Å². The Morgan fingerprint density at radius 2 is 1.15 bits per heavy atom. The number of ether oxygens (including phenoxy) is 2. The number of rotatable bonds is 6. The summed E-state index contributed by atoms with van der Waals surface area (Å²) in [6, 6.07) is 13.6. The lowest BCUT2D eigenvalue weighted by Crippen LogP contribution is -2.06. The largest absolute Gasteiger partial charge is 0.488 e. The van der Waals surface area contributed by atoms with Crippen LogP contribution in [0.2, 0.25) is 0 Å². The lowest BCUT2D eigenvalue weighted by molar-refractivity contribution is 0.280. The Kier molecular flexibility index (Phi) is 5.22. The molecule has 0 unspecified atom stereocenters. The van der Waals surface area contributed by atoms with Crippen LogP contribution in [0.25, 0.3) is 0 Å². The minimum atomic E-state index is -0.449. The highest BCUT2D eigenvalue weighted by Gasteiger charge is 2.07. The molecule has 0 aliphatic carbocycles. The summed E-state index contributed by atoms with van der Waals surface area (Å²) in [4.78, 5) is 22.8. The number of aryl methyl sites for hydroxylation is 2. The van der Waals surface area contributed by atoms with Gasteiger partial charge in [-0.3, -0.25) is 0 Å². The van der Waals surface area contributed by atoms with Gasteiger partial charge in [-0.05, 0) is 25.0 Å². The van der Waals surface area contributed by atoms with E-state index in [9.17, 15) is 9.59 Å². The minimum absolute atomic E-state index is 0.276. The van der Waals surface area contributed by atoms with Gasteiger partial charge in [0.15, 0.2) is 0 Å². The highest BCUT2D eigenvalue weighted by molar-refractivity contribution is 5.28. The molecular formula is C20H18O6. The van der Waals surface area contributed by atoms with E-state index in [-0.39, 0.29) is 13.2 Å². The first-order valence-electron chi connectivity index (χ1n) is 8.05. The van der Waals surface area contributed by atoms with E-state index in [1.807, 2.05) is 24.3 Å². The summed E-state index contributed by atoms with van der Waals surface area (Å²) < 4.78 is 21.2. The van der Waals surface area contributed by atoms with Gasteiger partial charge in [-0.15, -0.1) is 0 Å². The van der Waals surface area contributed by atoms with Crippen molar-refractivity contribution >= 4 is 0 Å². The van der Waals surface area contributed by atoms with Gasteiger partial charge in [0.25, 0.3) is 0 Å². The van der Waals surface area contributed by atoms with Crippen molar-refractivity contribution in [1.82, 2.24) is 0 Å². The Morgan fingerprint density at radius 3 is 1.54 bits per heavy atom. The zero-order valence-electron chi connectivity index (χ0n) is 14.5. The molecule has 0 spiro atoms. The molecule has 0 saturated heterocycles. The number of hydrogen-bond donors (Lipinski definition) is 0. The average molecular weight is 354 g/mol. The van der Waals surface area contributed by atoms with Crippen molar-refractivity contribution in [2.45, 2.75) is 27.1 Å². The molecule has 0 N–H and O–H groups in total. The standard InChI is InChI=1S/C20H18O6/c1-13-7-17(9-19(21)25-13)23-11-15-5-3-4-6-16(15)12-24-18-8-14(2)26-20(22)10-18/h3-10H,11-12H2,1-2H3. The lowest BCUT2D eigenvalue weighted by atomic mass is 10.1. The molecule has 1 aromatic carbocycles. The summed E-state index contributed by atoms with van der Waals surface area (Å²) in [5.41, 5.74) is 0.931. The van der Waals surface area contributed by atoms with E-state index in [1.54, 1.807) is 26.0 Å². The quantitative estimate of drug-likeness (QED) is 0.675. The molecule has 2 heterocycles. The Bertz CT molecular complexity index is 933. The van der Waals surface area contributed by atoms with Gasteiger partial charge in [-0.2, -0.15) is 0 Å². The Balaban J connectivity index is 1.71. The lowest BCUT2D eigenvalue weighted by Gasteiger charge is -2.12. The van der Waals surface area contributed by atoms with Crippen LogP contribution in [0, 0.1) is 13.8 Å². The van der Waals surface area contributed by atoms with Crippen LogP contribution in [-0.4, -0.2) is 0 Å². The predicted octanol–water partition coefficient (Wildman–Crippen LogP) is 3.37. The van der Waals surface area contributed by atoms with E-state index in [2.05, 4.69) is 0 Å². The molecule has 0 atom stereocenters. The van der Waals surface area contributed by atoms with E-state index in [0.29, 0.717) is 23.0 Å². The molecule has 0 fully saturated rings. The van der Waals surface area contributed by atoms with Crippen molar-refractivity contribution in [3.8, 4) is 11.5 Å². The molecule has 0 aliphatic heterocycles. The van der Waals surface area contributed by atoms with Crippen molar-refractivity contribution < 1.29 is 18.3 Å². The van der Waals surface area contributed by atoms with E-state index in [0.717, 1.165) is 11.1 Å². The van der Waals surface area contributed by atoms with E-state index in [1.165, 1.54) is 12.1 Å². The molecular weight excluding hydrogens is 336 g/mol. The minimum Gasteiger partial charge on any atom is -0.488 e. The number of hydrogen-bond acceptors (Lipinski definition) is 6. The topological polar surface area (TPSA) is 78.9 Å². The van der Waals surface area contributed by atoms with Gasteiger partial charge in [0, 0.05) is 12.1 Å². The second-order valence-electron chi connectivity index (χ2n) is 5.79. The number of benzene rings is 1. The summed E-state index contributed by atoms with van der Waals surface area (Å²) >= 11 is 0. The zero-order valence-corrected chi connectivity index (χ0v) is 14.5. The first-order chi connectivity index (χ1) is 12.5. The van der Waals surface area contributed by atoms with E-state index >= 15 is 0 Å². The fraction of sp³-hybridized carbons (Fsp3) is 0.200. The van der Waals surface area contributed by atoms with Crippen LogP contribution < -0.4 is 20.7 Å². The summed E-state index contributed by atoms with van der Waals surface area (Å²) in [7, 11) is 0. The van der Waals surface area contributed by atoms with Gasteiger partial charge in [0.2, 0.25) is 0 Å². The molecule has 26 heavy (non-hydrogen) atoms. The van der Waals surface area contributed by atoms with Gasteiger partial charge >= 0.3 is 11.3 Å². The SMILES string of the molecule is Cc1cc(OCc2ccccc2COc2cc(C)oc(=O)c2)cc(=O)o1. The maximum atomic E-state index is 11.4. The molecule has 6 heteroatoms. The fourth-order valence-corrected chi connectivity index (χ4v) is 2.48. The normalized spacial score (nSPS) is 10.5. The first-order valence-corrected chi connectivity index (χ1v) is 8.05. The highest BCUT2D eigenvalue weighted by Crippen LogP contribution is 2.17. The molecule has 0 aliphatic rings. The van der Waals surface area contributed by atoms with Crippen LogP contribution in [-0.2, 0) is 13.2 Å². The molecule has 134 valence electrons. The summed E-state index contributed by atoms with van der Waals surface area (Å²) in [6.07, 6.45) is 0. The zero-order chi connectivity index (χ0) is 18.5. The van der Waals surface area contributed by atoms with E-state index in [4.69, 9.17) is 18.3 Å². The van der Waals surface area contributed by atoms with Gasteiger partial charge in [-0.1, -0.05) is 24.3 Å². The maximum absolute atomic E-state index is 11.4. The van der Waals surface area contributed by atoms with Gasteiger partial charge in [0.1, 0.15) is 36.2 Å². The van der Waals surface area contributed by atoms with Crippen molar-refractivity contribution in [3.63, 3.8) is 0 Å². The van der Waals surface area contributed by atoms with Crippen molar-refractivity contribution in [2.75, 3.05) is 0 Å². The smallest absolute Gasteiger partial charge is 0.339 e. The first kappa shape index (κ1) is 17.5. The van der Waals surface area contributed by atoms with Crippen molar-refractivity contribution in [1.29, 1.82) is 0 Å². The van der Waals surface area contributed by atoms with Crippen LogP contribution in [0.15, 0.2) is 67.0 Å². The Morgan fingerprint density at radius 1 is 0.731 bits per heavy atom. The predicted molar refractivity (Wildman–Crippen MR) is 94.5 cm³/mol. The molecule has 0 saturated carbocycles. The third kappa shape index (κ3) is 4.63. The molecule has 3 rings (SSSR count). The van der Waals surface area contributed by atoms with Crippen LogP contribution in [0.3, 0.4) is 0 Å². The Hall–Kier alpha value is -3.28. The third-order valence-electron chi connectivity index (χ3n) is 3.64. The summed E-state index contributed by atoms with van der Waals surface area (Å²) in [6.45, 7) is 3.93. The monoisotopic (exact) mass is 354 g/mol. The van der Waals surface area contributed by atoms with Gasteiger partial charge in [-0.25, -0.2) is 9.59 Å². The van der Waals surface area contributed by atoms with Crippen molar-refractivity contribution in [3.05, 3.63) is 92.0 Å². The molecule has 0 bridgehead atoms. The average Bonchev–Trinajstić information content (AvgIpc) is 2.57. The van der Waals surface area contributed by atoms with Crippen LogP contribution in [0.5, 0.6) is 11.5 Å². The molecule has 3 aromatic rings. The highest BCUT2D eigenvalue weighted by atomic mass is 16.5. The fourth-order valence-electron chi connectivity index (χ4n) is 2.48. The molecule has 6 nitrogen and oxygen atoms in total. The molecule has 0 amide bonds. The van der Waals surface area contributed by atoms with Crippen LogP contribution in [0.1, 0.15) is 22.6 Å². The van der Waals surface area contributed by atoms with Gasteiger partial charge < -0.3 is 18.3 Å². The maximum Gasteiger partial charge on any atom is 0.339 e. The van der Waals surface area contributed by atoms with Crippen molar-refractivity contribution in [2.24, 2.45) is 0 Å². The summed E-state index contributed by atoms with van der Waals surface area (Å²) in [5.74, 6) is 1.88. The Labute approximate surface area is 149 Å². The van der Waals surface area contributed by atoms with E-state index < -0.39 is 11.3 Å². The third-order valence-corrected chi connectivity index (χ3v) is 3.64. The second-order valence-corrected chi connectivity index (χ2v) is 5.79. The van der Waals surface area contributed by atoms with Gasteiger partial charge in [0.05, 0.1) is 12.1 Å². The molecule has 2 aromatic heterocycles. The second kappa shape index (κ2) is 7.74.